The molecule has 0 atom stereocenters. The first-order chi connectivity index (χ1) is 11.2. The number of carbonyl (C=O) groups excluding carboxylic acids is 1. The topological polar surface area (TPSA) is 63.1 Å². The van der Waals surface area contributed by atoms with Crippen molar-refractivity contribution in [1.29, 1.82) is 0 Å². The molecule has 1 aliphatic heterocycles. The molecular formula is C17H21N5O. The fourth-order valence-corrected chi connectivity index (χ4v) is 3.28. The van der Waals surface area contributed by atoms with Crippen LogP contribution < -0.4 is 5.32 Å². The first-order valence-electron chi connectivity index (χ1n) is 8.17. The summed E-state index contributed by atoms with van der Waals surface area (Å²) in [5, 5.41) is 2.91. The number of nitrogens with one attached hydrogen (secondary N) is 1. The predicted octanol–water partition coefficient (Wildman–Crippen LogP) is 1.69. The average molecular weight is 311 g/mol. The van der Waals surface area contributed by atoms with E-state index in [1.54, 1.807) is 24.5 Å². The standard InChI is InChI=1S/C17H21N5O/c1-21-15-6-9-22(10-14(15)20-17(21)12-2-3-12)11-16(23)19-13-4-7-18-8-5-13/h4-5,7-8,12H,2-3,6,9-11H2,1H3,(H,18,19,23). The first-order valence-corrected chi connectivity index (χ1v) is 8.17. The smallest absolute Gasteiger partial charge is 0.238 e. The Bertz CT molecular complexity index is 720. The van der Waals surface area contributed by atoms with Crippen LogP contribution in [-0.4, -0.2) is 38.4 Å². The molecule has 1 saturated carbocycles. The van der Waals surface area contributed by atoms with Crippen molar-refractivity contribution in [3.8, 4) is 0 Å². The summed E-state index contributed by atoms with van der Waals surface area (Å²) in [5.74, 6) is 1.91. The summed E-state index contributed by atoms with van der Waals surface area (Å²) in [6.07, 6.45) is 6.85. The van der Waals surface area contributed by atoms with Gasteiger partial charge in [-0.05, 0) is 25.0 Å². The molecule has 1 fully saturated rings. The number of anilines is 1. The molecule has 120 valence electrons. The van der Waals surface area contributed by atoms with Crippen LogP contribution in [0, 0.1) is 0 Å². The Kier molecular flexibility index (Phi) is 3.61. The molecule has 0 bridgehead atoms. The van der Waals surface area contributed by atoms with Gasteiger partial charge in [0.05, 0.1) is 12.2 Å². The highest BCUT2D eigenvalue weighted by Crippen LogP contribution is 2.40. The fourth-order valence-electron chi connectivity index (χ4n) is 3.28. The molecule has 4 rings (SSSR count). The molecule has 6 nitrogen and oxygen atoms in total. The van der Waals surface area contributed by atoms with Crippen molar-refractivity contribution < 1.29 is 4.79 Å². The van der Waals surface area contributed by atoms with Crippen LogP contribution >= 0.6 is 0 Å². The summed E-state index contributed by atoms with van der Waals surface area (Å²) in [7, 11) is 2.13. The Morgan fingerprint density at radius 2 is 2.13 bits per heavy atom. The van der Waals surface area contributed by atoms with Gasteiger partial charge in [-0.2, -0.15) is 0 Å². The number of hydrogen-bond donors (Lipinski definition) is 1. The van der Waals surface area contributed by atoms with Gasteiger partial charge in [-0.15, -0.1) is 0 Å². The van der Waals surface area contributed by atoms with E-state index in [9.17, 15) is 4.79 Å². The Morgan fingerprint density at radius 1 is 1.35 bits per heavy atom. The van der Waals surface area contributed by atoms with E-state index in [4.69, 9.17) is 4.98 Å². The fraction of sp³-hybridized carbons (Fsp3) is 0.471. The maximum atomic E-state index is 12.2. The van der Waals surface area contributed by atoms with Crippen molar-refractivity contribution in [1.82, 2.24) is 19.4 Å². The molecule has 2 aromatic rings. The van der Waals surface area contributed by atoms with Crippen LogP contribution in [-0.2, 0) is 24.8 Å². The van der Waals surface area contributed by atoms with Gasteiger partial charge < -0.3 is 9.88 Å². The van der Waals surface area contributed by atoms with Crippen LogP contribution in [0.3, 0.4) is 0 Å². The molecule has 3 heterocycles. The Morgan fingerprint density at radius 3 is 2.87 bits per heavy atom. The zero-order valence-electron chi connectivity index (χ0n) is 13.3. The Labute approximate surface area is 135 Å². The molecule has 0 saturated heterocycles. The second-order valence-corrected chi connectivity index (χ2v) is 6.44. The zero-order chi connectivity index (χ0) is 15.8. The van der Waals surface area contributed by atoms with Gasteiger partial charge in [0.2, 0.25) is 5.91 Å². The van der Waals surface area contributed by atoms with Gasteiger partial charge in [-0.25, -0.2) is 4.98 Å². The maximum absolute atomic E-state index is 12.2. The molecule has 1 amide bonds. The van der Waals surface area contributed by atoms with Gasteiger partial charge in [0, 0.05) is 56.3 Å². The normalized spacial score (nSPS) is 17.8. The van der Waals surface area contributed by atoms with Crippen molar-refractivity contribution >= 4 is 11.6 Å². The third kappa shape index (κ3) is 2.99. The van der Waals surface area contributed by atoms with Gasteiger partial charge in [-0.1, -0.05) is 0 Å². The monoisotopic (exact) mass is 311 g/mol. The van der Waals surface area contributed by atoms with Crippen molar-refractivity contribution in [2.75, 3.05) is 18.4 Å². The molecule has 0 spiro atoms. The summed E-state index contributed by atoms with van der Waals surface area (Å²) >= 11 is 0. The van der Waals surface area contributed by atoms with E-state index in [-0.39, 0.29) is 5.91 Å². The van der Waals surface area contributed by atoms with E-state index in [1.165, 1.54) is 24.4 Å². The van der Waals surface area contributed by atoms with E-state index < -0.39 is 0 Å². The molecule has 6 heteroatoms. The molecule has 1 aliphatic carbocycles. The second-order valence-electron chi connectivity index (χ2n) is 6.44. The molecule has 0 aromatic carbocycles. The Hall–Kier alpha value is -2.21. The molecule has 23 heavy (non-hydrogen) atoms. The van der Waals surface area contributed by atoms with Crippen LogP contribution in [0.25, 0.3) is 0 Å². The summed E-state index contributed by atoms with van der Waals surface area (Å²) in [6, 6.07) is 3.60. The van der Waals surface area contributed by atoms with Gasteiger partial charge in [0.1, 0.15) is 5.82 Å². The van der Waals surface area contributed by atoms with Crippen molar-refractivity contribution in [2.45, 2.75) is 31.7 Å². The number of nitrogens with zero attached hydrogens (tertiary/aromatic N) is 4. The quantitative estimate of drug-likeness (QED) is 0.933. The van der Waals surface area contributed by atoms with Crippen LogP contribution in [0.15, 0.2) is 24.5 Å². The van der Waals surface area contributed by atoms with Crippen molar-refractivity contribution in [3.05, 3.63) is 41.7 Å². The summed E-state index contributed by atoms with van der Waals surface area (Å²) in [5.41, 5.74) is 3.28. The minimum absolute atomic E-state index is 0.0120. The predicted molar refractivity (Wildman–Crippen MR) is 87.0 cm³/mol. The van der Waals surface area contributed by atoms with Gasteiger partial charge >= 0.3 is 0 Å². The molecule has 2 aromatic heterocycles. The second kappa shape index (κ2) is 5.77. The number of rotatable bonds is 4. The minimum atomic E-state index is 0.0120. The van der Waals surface area contributed by atoms with E-state index in [2.05, 4.69) is 26.8 Å². The highest BCUT2D eigenvalue weighted by molar-refractivity contribution is 5.92. The summed E-state index contributed by atoms with van der Waals surface area (Å²) in [6.45, 7) is 2.07. The summed E-state index contributed by atoms with van der Waals surface area (Å²) < 4.78 is 2.28. The molecule has 0 unspecified atom stereocenters. The van der Waals surface area contributed by atoms with Crippen molar-refractivity contribution in [3.63, 3.8) is 0 Å². The van der Waals surface area contributed by atoms with E-state index in [0.717, 1.165) is 30.9 Å². The van der Waals surface area contributed by atoms with Gasteiger partial charge in [0.15, 0.2) is 0 Å². The van der Waals surface area contributed by atoms with E-state index in [0.29, 0.717) is 12.5 Å². The molecule has 1 N–H and O–H groups in total. The molecule has 2 aliphatic rings. The van der Waals surface area contributed by atoms with Gasteiger partial charge in [-0.3, -0.25) is 14.7 Å². The van der Waals surface area contributed by atoms with Crippen LogP contribution in [0.4, 0.5) is 5.69 Å². The summed E-state index contributed by atoms with van der Waals surface area (Å²) in [4.78, 5) is 23.1. The number of amides is 1. The number of pyridine rings is 1. The number of imidazole rings is 1. The third-order valence-electron chi connectivity index (χ3n) is 4.64. The number of fused-ring (bicyclic) bond motifs is 1. The van der Waals surface area contributed by atoms with Gasteiger partial charge in [0.25, 0.3) is 0 Å². The first kappa shape index (κ1) is 14.4. The molecular weight excluding hydrogens is 290 g/mol. The highest BCUT2D eigenvalue weighted by Gasteiger charge is 2.32. The number of carbonyl (C=O) groups is 1. The lowest BCUT2D eigenvalue weighted by Gasteiger charge is -2.25. The van der Waals surface area contributed by atoms with E-state index >= 15 is 0 Å². The third-order valence-corrected chi connectivity index (χ3v) is 4.64. The highest BCUT2D eigenvalue weighted by atomic mass is 16.2. The lowest BCUT2D eigenvalue weighted by Crippen LogP contribution is -2.37. The van der Waals surface area contributed by atoms with E-state index in [1.807, 2.05) is 0 Å². The Balaban J connectivity index is 1.40. The molecule has 0 radical (unpaired) electrons. The van der Waals surface area contributed by atoms with Crippen molar-refractivity contribution in [2.24, 2.45) is 7.05 Å². The largest absolute Gasteiger partial charge is 0.335 e. The lowest BCUT2D eigenvalue weighted by molar-refractivity contribution is -0.117. The van der Waals surface area contributed by atoms with Crippen LogP contribution in [0.1, 0.15) is 36.0 Å². The SMILES string of the molecule is Cn1c(C2CC2)nc2c1CCN(CC(=O)Nc1ccncc1)C2. The zero-order valence-corrected chi connectivity index (χ0v) is 13.3. The lowest BCUT2D eigenvalue weighted by atomic mass is 10.1. The number of aromatic nitrogens is 3. The maximum Gasteiger partial charge on any atom is 0.238 e. The minimum Gasteiger partial charge on any atom is -0.335 e. The number of hydrogen-bond acceptors (Lipinski definition) is 4. The van der Waals surface area contributed by atoms with Crippen LogP contribution in [0.5, 0.6) is 0 Å². The van der Waals surface area contributed by atoms with Crippen LogP contribution in [0.2, 0.25) is 0 Å². The average Bonchev–Trinajstić information content (AvgIpc) is 3.33.